The van der Waals surface area contributed by atoms with E-state index in [9.17, 15) is 4.79 Å². The average molecular weight is 427 g/mol. The highest BCUT2D eigenvalue weighted by Crippen LogP contribution is 2.26. The van der Waals surface area contributed by atoms with Crippen molar-refractivity contribution in [3.63, 3.8) is 0 Å². The Hall–Kier alpha value is -2.97. The van der Waals surface area contributed by atoms with Crippen LogP contribution in [0.4, 0.5) is 0 Å². The topological polar surface area (TPSA) is 76.6 Å². The van der Waals surface area contributed by atoms with Gasteiger partial charge in [-0.05, 0) is 25.6 Å². The van der Waals surface area contributed by atoms with E-state index in [4.69, 9.17) is 9.47 Å². The van der Waals surface area contributed by atoms with Crippen molar-refractivity contribution in [2.75, 3.05) is 21.3 Å². The summed E-state index contributed by atoms with van der Waals surface area (Å²) in [6, 6.07) is 13.8. The number of carbonyl (C=O) groups is 1. The lowest BCUT2D eigenvalue weighted by Gasteiger charge is -2.17. The van der Waals surface area contributed by atoms with Crippen LogP contribution >= 0.6 is 11.3 Å². The van der Waals surface area contributed by atoms with Crippen LogP contribution in [0.5, 0.6) is 11.5 Å². The zero-order chi connectivity index (χ0) is 21.5. The minimum absolute atomic E-state index is 0.209. The first-order chi connectivity index (χ1) is 14.5. The molecule has 0 aliphatic rings. The molecule has 1 N–H and O–H groups in total. The van der Waals surface area contributed by atoms with Crippen LogP contribution in [0, 0.1) is 6.92 Å². The molecule has 2 aromatic carbocycles. The number of aromatic nitrogens is 2. The molecule has 0 unspecified atom stereocenters. The summed E-state index contributed by atoms with van der Waals surface area (Å²) in [6.45, 7) is 3.75. The maximum Gasteiger partial charge on any atom is 0.282 e. The number of methoxy groups -OCH3 is 2. The fourth-order valence-corrected chi connectivity index (χ4v) is 3.77. The van der Waals surface area contributed by atoms with E-state index >= 15 is 0 Å². The first-order valence-corrected chi connectivity index (χ1v) is 10.4. The van der Waals surface area contributed by atoms with Crippen LogP contribution in [0.25, 0.3) is 0 Å². The highest BCUT2D eigenvalue weighted by molar-refractivity contribution is 7.13. The van der Waals surface area contributed by atoms with Crippen molar-refractivity contribution >= 4 is 17.2 Å². The molecule has 7 nitrogen and oxygen atoms in total. The molecule has 0 saturated carbocycles. The molecule has 3 rings (SSSR count). The third kappa shape index (κ3) is 5.77. The van der Waals surface area contributed by atoms with Gasteiger partial charge in [0.25, 0.3) is 5.91 Å². The molecule has 1 aromatic heterocycles. The van der Waals surface area contributed by atoms with Crippen LogP contribution in [0.1, 0.15) is 31.5 Å². The van der Waals surface area contributed by atoms with Crippen molar-refractivity contribution in [3.8, 4) is 11.5 Å². The third-order valence-electron chi connectivity index (χ3n) is 4.57. The maximum absolute atomic E-state index is 12.4. The first kappa shape index (κ1) is 21.7. The molecule has 0 atom stereocenters. The van der Waals surface area contributed by atoms with Crippen molar-refractivity contribution in [2.45, 2.75) is 26.6 Å². The Bertz CT molecular complexity index is 988. The summed E-state index contributed by atoms with van der Waals surface area (Å²) in [6.07, 6.45) is 0. The fourth-order valence-electron chi connectivity index (χ4n) is 2.93. The van der Waals surface area contributed by atoms with Gasteiger partial charge in [0.05, 0.1) is 20.8 Å². The maximum atomic E-state index is 12.4. The lowest BCUT2D eigenvalue weighted by atomic mass is 10.1. The highest BCUT2D eigenvalue weighted by atomic mass is 32.1. The van der Waals surface area contributed by atoms with Gasteiger partial charge in [0.1, 0.15) is 16.5 Å². The number of benzene rings is 2. The van der Waals surface area contributed by atoms with Gasteiger partial charge in [-0.25, -0.2) is 0 Å². The lowest BCUT2D eigenvalue weighted by Crippen LogP contribution is -2.22. The molecule has 0 fully saturated rings. The minimum atomic E-state index is -0.209. The minimum Gasteiger partial charge on any atom is -0.497 e. The monoisotopic (exact) mass is 426 g/mol. The highest BCUT2D eigenvalue weighted by Gasteiger charge is 2.15. The fraction of sp³-hybridized carbons (Fsp3) is 0.318. The van der Waals surface area contributed by atoms with Crippen molar-refractivity contribution in [1.82, 2.24) is 20.4 Å². The molecule has 3 aromatic rings. The largest absolute Gasteiger partial charge is 0.497 e. The number of hydrogen-bond acceptors (Lipinski definition) is 7. The van der Waals surface area contributed by atoms with Crippen LogP contribution in [0.2, 0.25) is 0 Å². The van der Waals surface area contributed by atoms with Gasteiger partial charge in [0.2, 0.25) is 5.01 Å². The summed E-state index contributed by atoms with van der Waals surface area (Å²) in [7, 11) is 5.26. The second-order valence-corrected chi connectivity index (χ2v) is 8.08. The summed E-state index contributed by atoms with van der Waals surface area (Å²) in [5.74, 6) is 1.32. The summed E-state index contributed by atoms with van der Waals surface area (Å²) in [5.41, 5.74) is 3.28. The van der Waals surface area contributed by atoms with Crippen molar-refractivity contribution < 1.29 is 14.3 Å². The average Bonchev–Trinajstić information content (AvgIpc) is 3.21. The van der Waals surface area contributed by atoms with Crippen molar-refractivity contribution in [1.29, 1.82) is 0 Å². The number of aryl methyl sites for hydroxylation is 1. The van der Waals surface area contributed by atoms with E-state index in [0.717, 1.165) is 27.6 Å². The van der Waals surface area contributed by atoms with E-state index in [1.54, 1.807) is 14.2 Å². The smallest absolute Gasteiger partial charge is 0.282 e. The Morgan fingerprint density at radius 2 is 1.83 bits per heavy atom. The quantitative estimate of drug-likeness (QED) is 0.565. The number of carbonyl (C=O) groups excluding carboxylic acids is 1. The number of rotatable bonds is 9. The number of amides is 1. The zero-order valence-electron chi connectivity index (χ0n) is 17.6. The Balaban J connectivity index is 1.55. The van der Waals surface area contributed by atoms with Gasteiger partial charge in [0.15, 0.2) is 0 Å². The van der Waals surface area contributed by atoms with E-state index in [2.05, 4.69) is 20.4 Å². The molecule has 0 bridgehead atoms. The Labute approximate surface area is 180 Å². The van der Waals surface area contributed by atoms with E-state index in [-0.39, 0.29) is 5.91 Å². The molecule has 8 heteroatoms. The molecule has 158 valence electrons. The molecule has 0 saturated heterocycles. The van der Waals surface area contributed by atoms with Gasteiger partial charge in [-0.2, -0.15) is 0 Å². The van der Waals surface area contributed by atoms with Gasteiger partial charge in [0, 0.05) is 24.7 Å². The van der Waals surface area contributed by atoms with Gasteiger partial charge >= 0.3 is 0 Å². The van der Waals surface area contributed by atoms with Gasteiger partial charge in [-0.15, -0.1) is 10.2 Å². The zero-order valence-corrected chi connectivity index (χ0v) is 18.5. The van der Waals surface area contributed by atoms with Gasteiger partial charge < -0.3 is 14.8 Å². The summed E-state index contributed by atoms with van der Waals surface area (Å²) >= 11 is 1.31. The third-order valence-corrected chi connectivity index (χ3v) is 5.48. The number of nitrogens with zero attached hydrogens (tertiary/aromatic N) is 3. The van der Waals surface area contributed by atoms with Crippen LogP contribution < -0.4 is 14.8 Å². The predicted molar refractivity (Wildman–Crippen MR) is 117 cm³/mol. The van der Waals surface area contributed by atoms with Crippen molar-refractivity contribution in [3.05, 3.63) is 69.2 Å². The second-order valence-electron chi connectivity index (χ2n) is 7.02. The first-order valence-electron chi connectivity index (χ1n) is 9.54. The van der Waals surface area contributed by atoms with Crippen LogP contribution in [0.3, 0.4) is 0 Å². The molecule has 1 amide bonds. The van der Waals surface area contributed by atoms with E-state index in [0.29, 0.717) is 24.6 Å². The van der Waals surface area contributed by atoms with Crippen molar-refractivity contribution in [2.24, 2.45) is 0 Å². The molecule has 0 aliphatic heterocycles. The SMILES string of the molecule is COc1ccc(CN(C)Cc2nnc(C(=O)NCc3ccc(C)cc3)s2)c(OC)c1. The molecule has 0 spiro atoms. The Kier molecular flexibility index (Phi) is 7.37. The standard InChI is InChI=1S/C22H26N4O3S/c1-15-5-7-16(8-6-15)12-23-21(27)22-25-24-20(30-22)14-26(2)13-17-9-10-18(28-3)11-19(17)29-4/h5-11H,12-14H2,1-4H3,(H,23,27). The summed E-state index contributed by atoms with van der Waals surface area (Å²) in [4.78, 5) is 14.5. The van der Waals surface area contributed by atoms with E-state index in [1.165, 1.54) is 16.9 Å². The van der Waals surface area contributed by atoms with Gasteiger partial charge in [-0.3, -0.25) is 9.69 Å². The molecular formula is C22H26N4O3S. The summed E-state index contributed by atoms with van der Waals surface area (Å²) in [5, 5.41) is 12.3. The number of nitrogens with one attached hydrogen (secondary N) is 1. The van der Waals surface area contributed by atoms with E-state index in [1.807, 2.05) is 56.4 Å². The van der Waals surface area contributed by atoms with Crippen LogP contribution in [-0.2, 0) is 19.6 Å². The molecule has 30 heavy (non-hydrogen) atoms. The van der Waals surface area contributed by atoms with Crippen LogP contribution in [-0.4, -0.2) is 42.3 Å². The number of ether oxygens (including phenoxy) is 2. The van der Waals surface area contributed by atoms with Crippen LogP contribution in [0.15, 0.2) is 42.5 Å². The Morgan fingerprint density at radius 1 is 1.07 bits per heavy atom. The molecule has 0 aliphatic carbocycles. The predicted octanol–water partition coefficient (Wildman–Crippen LogP) is 3.43. The molecule has 1 heterocycles. The normalized spacial score (nSPS) is 10.8. The summed E-state index contributed by atoms with van der Waals surface area (Å²) < 4.78 is 10.7. The lowest BCUT2D eigenvalue weighted by molar-refractivity contribution is 0.0950. The second kappa shape index (κ2) is 10.2. The van der Waals surface area contributed by atoms with Gasteiger partial charge in [-0.1, -0.05) is 47.2 Å². The van der Waals surface area contributed by atoms with E-state index < -0.39 is 0 Å². The number of hydrogen-bond donors (Lipinski definition) is 1. The Morgan fingerprint density at radius 3 is 2.53 bits per heavy atom. The molecule has 0 radical (unpaired) electrons. The molecular weight excluding hydrogens is 400 g/mol.